The van der Waals surface area contributed by atoms with Crippen molar-refractivity contribution in [2.75, 3.05) is 0 Å². The fourth-order valence-corrected chi connectivity index (χ4v) is 3.74. The van der Waals surface area contributed by atoms with E-state index in [1.807, 2.05) is 42.5 Å². The average Bonchev–Trinajstić information content (AvgIpc) is 3.11. The van der Waals surface area contributed by atoms with Crippen LogP contribution < -0.4 is 5.32 Å². The van der Waals surface area contributed by atoms with Crippen LogP contribution >= 0.6 is 23.1 Å². The highest BCUT2D eigenvalue weighted by atomic mass is 35.5. The van der Waals surface area contributed by atoms with Crippen LogP contribution in [0.5, 0.6) is 0 Å². The maximum Gasteiger partial charge on any atom is 0.325 e. The van der Waals surface area contributed by atoms with Gasteiger partial charge in [0.15, 0.2) is 0 Å². The molecule has 0 aliphatic carbocycles. The highest BCUT2D eigenvalue weighted by molar-refractivity contribution is 7.10. The molecule has 2 heterocycles. The molecule has 6 nitrogen and oxygen atoms in total. The second-order valence-corrected chi connectivity index (χ2v) is 7.32. The number of amides is 3. The Morgan fingerprint density at radius 3 is 2.72 bits per heavy atom. The van der Waals surface area contributed by atoms with Crippen LogP contribution in [0, 0.1) is 0 Å². The minimum absolute atomic E-state index is 0.000353. The van der Waals surface area contributed by atoms with Gasteiger partial charge in [0.1, 0.15) is 15.6 Å². The topological polar surface area (TPSA) is 75.2 Å². The largest absolute Gasteiger partial charge is 0.325 e. The molecule has 2 aromatic carbocycles. The van der Waals surface area contributed by atoms with Gasteiger partial charge in [0.2, 0.25) is 0 Å². The van der Waals surface area contributed by atoms with Gasteiger partial charge in [-0.3, -0.25) is 9.69 Å². The lowest BCUT2D eigenvalue weighted by Crippen LogP contribution is -2.41. The van der Waals surface area contributed by atoms with Crippen LogP contribution in [0.15, 0.2) is 42.5 Å². The molecule has 126 valence electrons. The van der Waals surface area contributed by atoms with Crippen molar-refractivity contribution >= 4 is 45.8 Å². The van der Waals surface area contributed by atoms with Crippen LogP contribution in [0.4, 0.5) is 4.79 Å². The van der Waals surface area contributed by atoms with E-state index in [1.54, 1.807) is 6.92 Å². The lowest BCUT2D eigenvalue weighted by Gasteiger charge is -2.24. The highest BCUT2D eigenvalue weighted by Crippen LogP contribution is 2.34. The number of rotatable bonds is 3. The Morgan fingerprint density at radius 1 is 1.20 bits per heavy atom. The fourth-order valence-electron chi connectivity index (χ4n) is 3.13. The van der Waals surface area contributed by atoms with Crippen molar-refractivity contribution in [1.82, 2.24) is 19.8 Å². The molecule has 0 unspecified atom stereocenters. The summed E-state index contributed by atoms with van der Waals surface area (Å²) in [5.41, 5.74) is 0.0275. The monoisotopic (exact) mass is 372 g/mol. The van der Waals surface area contributed by atoms with E-state index < -0.39 is 11.6 Å². The number of hydrogen-bond donors (Lipinski definition) is 1. The maximum atomic E-state index is 13.1. The van der Waals surface area contributed by atoms with Gasteiger partial charge in [-0.2, -0.15) is 0 Å². The van der Waals surface area contributed by atoms with Gasteiger partial charge in [0, 0.05) is 11.5 Å². The molecule has 1 atom stereocenters. The third-order valence-electron chi connectivity index (χ3n) is 4.42. The molecule has 1 aliphatic rings. The number of halogens is 1. The summed E-state index contributed by atoms with van der Waals surface area (Å²) in [6.45, 7) is 1.72. The summed E-state index contributed by atoms with van der Waals surface area (Å²) in [6.07, 6.45) is 0. The first-order valence-electron chi connectivity index (χ1n) is 7.60. The first-order valence-corrected chi connectivity index (χ1v) is 8.75. The quantitative estimate of drug-likeness (QED) is 0.716. The summed E-state index contributed by atoms with van der Waals surface area (Å²) >= 11 is 7.03. The number of aromatic nitrogens is 2. The van der Waals surface area contributed by atoms with Gasteiger partial charge in [-0.05, 0) is 23.3 Å². The molecule has 3 aromatic rings. The van der Waals surface area contributed by atoms with Crippen LogP contribution in [-0.4, -0.2) is 26.4 Å². The first kappa shape index (κ1) is 16.0. The zero-order valence-corrected chi connectivity index (χ0v) is 14.8. The zero-order valence-electron chi connectivity index (χ0n) is 13.2. The van der Waals surface area contributed by atoms with Gasteiger partial charge >= 0.3 is 6.03 Å². The summed E-state index contributed by atoms with van der Waals surface area (Å²) in [5, 5.41) is 8.64. The Bertz CT molecular complexity index is 1000. The predicted molar refractivity (Wildman–Crippen MR) is 95.3 cm³/mol. The van der Waals surface area contributed by atoms with Crippen molar-refractivity contribution in [3.63, 3.8) is 0 Å². The normalized spacial score (nSPS) is 20.3. The van der Waals surface area contributed by atoms with E-state index in [4.69, 9.17) is 11.6 Å². The lowest BCUT2D eigenvalue weighted by atomic mass is 9.88. The van der Waals surface area contributed by atoms with Gasteiger partial charge < -0.3 is 5.32 Å². The minimum Gasteiger partial charge on any atom is -0.319 e. The van der Waals surface area contributed by atoms with E-state index in [0.29, 0.717) is 10.0 Å². The van der Waals surface area contributed by atoms with Crippen LogP contribution in [-0.2, 0) is 16.9 Å². The molecule has 4 rings (SSSR count). The van der Waals surface area contributed by atoms with Gasteiger partial charge in [-0.1, -0.05) is 58.6 Å². The fraction of sp³-hybridized carbons (Fsp3) is 0.176. The number of nitrogens with zero attached hydrogens (tertiary/aromatic N) is 3. The Morgan fingerprint density at radius 2 is 1.96 bits per heavy atom. The Kier molecular flexibility index (Phi) is 3.70. The van der Waals surface area contributed by atoms with Crippen molar-refractivity contribution in [1.29, 1.82) is 0 Å². The molecule has 1 aliphatic heterocycles. The average molecular weight is 373 g/mol. The third-order valence-corrected chi connectivity index (χ3v) is 5.40. The summed E-state index contributed by atoms with van der Waals surface area (Å²) in [5.74, 6) is -0.335. The van der Waals surface area contributed by atoms with Crippen LogP contribution in [0.25, 0.3) is 10.8 Å². The van der Waals surface area contributed by atoms with Crippen molar-refractivity contribution in [2.24, 2.45) is 0 Å². The van der Waals surface area contributed by atoms with E-state index in [0.717, 1.165) is 32.8 Å². The highest BCUT2D eigenvalue weighted by Gasteiger charge is 2.49. The zero-order chi connectivity index (χ0) is 17.6. The molecular formula is C17H13ClN4O2S. The van der Waals surface area contributed by atoms with E-state index in [2.05, 4.69) is 14.9 Å². The number of imide groups is 1. The number of fused-ring (bicyclic) bond motifs is 1. The van der Waals surface area contributed by atoms with E-state index >= 15 is 0 Å². The van der Waals surface area contributed by atoms with Gasteiger partial charge in [-0.25, -0.2) is 4.79 Å². The van der Waals surface area contributed by atoms with Crippen LogP contribution in [0.1, 0.15) is 18.2 Å². The standard InChI is InChI=1S/C17H13ClN4O2S/c1-17(12-8-4-6-10-5-2-3-7-11(10)12)15(23)22(16(24)19-17)9-13-14(18)25-21-20-13/h2-8H,9H2,1H3,(H,19,24)/t17-/m1/s1. The number of hydrogen-bond acceptors (Lipinski definition) is 5. The van der Waals surface area contributed by atoms with Crippen LogP contribution in [0.2, 0.25) is 4.34 Å². The van der Waals surface area contributed by atoms with Crippen LogP contribution in [0.3, 0.4) is 0 Å². The number of nitrogens with one attached hydrogen (secondary N) is 1. The Balaban J connectivity index is 1.76. The molecule has 1 N–H and O–H groups in total. The van der Waals surface area contributed by atoms with Crippen molar-refractivity contribution in [3.8, 4) is 0 Å². The van der Waals surface area contributed by atoms with Crippen molar-refractivity contribution in [2.45, 2.75) is 19.0 Å². The Labute approximate surface area is 152 Å². The third kappa shape index (κ3) is 2.47. The first-order chi connectivity index (χ1) is 12.0. The molecule has 1 fully saturated rings. The lowest BCUT2D eigenvalue weighted by molar-refractivity contribution is -0.131. The van der Waals surface area contributed by atoms with E-state index in [1.165, 1.54) is 0 Å². The predicted octanol–water partition coefficient (Wildman–Crippen LogP) is 3.31. The van der Waals surface area contributed by atoms with Crippen molar-refractivity contribution in [3.05, 3.63) is 58.1 Å². The molecule has 0 radical (unpaired) electrons. The molecule has 0 spiro atoms. The van der Waals surface area contributed by atoms with E-state index in [9.17, 15) is 9.59 Å². The van der Waals surface area contributed by atoms with E-state index in [-0.39, 0.29) is 12.5 Å². The molecule has 3 amide bonds. The number of carbonyl (C=O) groups is 2. The molecule has 1 aromatic heterocycles. The number of urea groups is 1. The van der Waals surface area contributed by atoms with Gasteiger partial charge in [0.25, 0.3) is 5.91 Å². The summed E-state index contributed by atoms with van der Waals surface area (Å²) in [7, 11) is 0. The molecule has 8 heteroatoms. The molecule has 25 heavy (non-hydrogen) atoms. The summed E-state index contributed by atoms with van der Waals surface area (Å²) in [6, 6.07) is 13.0. The SMILES string of the molecule is C[C@]1(c2cccc3ccccc23)NC(=O)N(Cc2nnsc2Cl)C1=O. The molecule has 0 saturated carbocycles. The van der Waals surface area contributed by atoms with Crippen molar-refractivity contribution < 1.29 is 9.59 Å². The summed E-state index contributed by atoms with van der Waals surface area (Å²) < 4.78 is 4.11. The summed E-state index contributed by atoms with van der Waals surface area (Å²) in [4.78, 5) is 26.7. The molecular weight excluding hydrogens is 360 g/mol. The second kappa shape index (κ2) is 5.79. The molecule has 1 saturated heterocycles. The smallest absolute Gasteiger partial charge is 0.319 e. The van der Waals surface area contributed by atoms with Gasteiger partial charge in [-0.15, -0.1) is 5.10 Å². The number of carbonyl (C=O) groups excluding carboxylic acids is 2. The number of benzene rings is 2. The van der Waals surface area contributed by atoms with Gasteiger partial charge in [0.05, 0.1) is 6.54 Å². The second-order valence-electron chi connectivity index (χ2n) is 5.97. The maximum absolute atomic E-state index is 13.1. The minimum atomic E-state index is -1.14. The Hall–Kier alpha value is -2.51. The molecule has 0 bridgehead atoms.